The Morgan fingerprint density at radius 1 is 0.818 bits per heavy atom. The van der Waals surface area contributed by atoms with Crippen molar-refractivity contribution in [2.75, 3.05) is 5.73 Å². The highest BCUT2D eigenvalue weighted by atomic mass is 19.1. The number of benzene rings is 1. The molecule has 33 heavy (non-hydrogen) atoms. The van der Waals surface area contributed by atoms with Gasteiger partial charge in [-0.3, -0.25) is 20.1 Å². The van der Waals surface area contributed by atoms with E-state index in [1.54, 1.807) is 31.0 Å². The maximum atomic E-state index is 14.1. The van der Waals surface area contributed by atoms with E-state index in [0.29, 0.717) is 5.69 Å². The quantitative estimate of drug-likeness (QED) is 0.351. The summed E-state index contributed by atoms with van der Waals surface area (Å²) in [7, 11) is 0. The van der Waals surface area contributed by atoms with Gasteiger partial charge in [-0.2, -0.15) is 5.10 Å². The molecule has 0 bridgehead atoms. The van der Waals surface area contributed by atoms with Crippen molar-refractivity contribution in [1.82, 2.24) is 30.1 Å². The number of nitrogens with two attached hydrogens (primary N) is 1. The first-order valence-corrected chi connectivity index (χ1v) is 10.3. The van der Waals surface area contributed by atoms with Crippen LogP contribution < -0.4 is 5.73 Å². The lowest BCUT2D eigenvalue weighted by Crippen LogP contribution is -1.89. The lowest BCUT2D eigenvalue weighted by Gasteiger charge is -2.05. The second-order valence-corrected chi connectivity index (χ2v) is 8.04. The van der Waals surface area contributed by atoms with Gasteiger partial charge in [0.2, 0.25) is 0 Å². The Balaban J connectivity index is 1.51. The van der Waals surface area contributed by atoms with Crippen molar-refractivity contribution in [2.24, 2.45) is 0 Å². The first-order valence-electron chi connectivity index (χ1n) is 10.3. The average Bonchev–Trinajstić information content (AvgIpc) is 3.41. The number of aromatic nitrogens is 6. The Labute approximate surface area is 187 Å². The molecule has 0 aliphatic heterocycles. The molecule has 7 nitrogen and oxygen atoms in total. The van der Waals surface area contributed by atoms with Crippen molar-refractivity contribution in [3.63, 3.8) is 0 Å². The minimum absolute atomic E-state index is 0.271. The maximum Gasteiger partial charge on any atom is 0.124 e. The van der Waals surface area contributed by atoms with Crippen LogP contribution in [0.1, 0.15) is 5.56 Å². The van der Waals surface area contributed by atoms with E-state index in [9.17, 15) is 4.39 Å². The summed E-state index contributed by atoms with van der Waals surface area (Å²) in [5.74, 6) is -0.271. The third-order valence-electron chi connectivity index (χ3n) is 5.66. The molecule has 0 amide bonds. The van der Waals surface area contributed by atoms with Crippen LogP contribution in [-0.2, 0) is 0 Å². The van der Waals surface area contributed by atoms with Gasteiger partial charge in [0.1, 0.15) is 11.5 Å². The number of pyridine rings is 3. The van der Waals surface area contributed by atoms with Crippen LogP contribution in [0.5, 0.6) is 0 Å². The molecule has 4 N–H and O–H groups in total. The van der Waals surface area contributed by atoms with E-state index in [2.05, 4.69) is 30.1 Å². The third kappa shape index (κ3) is 3.28. The Bertz CT molecular complexity index is 1640. The normalized spacial score (nSPS) is 11.5. The van der Waals surface area contributed by atoms with E-state index >= 15 is 0 Å². The van der Waals surface area contributed by atoms with Crippen molar-refractivity contribution in [2.45, 2.75) is 6.92 Å². The van der Waals surface area contributed by atoms with Crippen LogP contribution in [0.4, 0.5) is 10.1 Å². The fourth-order valence-electron chi connectivity index (χ4n) is 4.18. The summed E-state index contributed by atoms with van der Waals surface area (Å²) < 4.78 is 14.1. The zero-order valence-corrected chi connectivity index (χ0v) is 17.6. The Morgan fingerprint density at radius 2 is 1.70 bits per heavy atom. The Kier molecular flexibility index (Phi) is 4.19. The van der Waals surface area contributed by atoms with Crippen LogP contribution in [0.3, 0.4) is 0 Å². The second kappa shape index (κ2) is 7.23. The van der Waals surface area contributed by atoms with Crippen LogP contribution in [0.25, 0.3) is 55.6 Å². The highest BCUT2D eigenvalue weighted by Crippen LogP contribution is 2.34. The highest BCUT2D eigenvalue weighted by molar-refractivity contribution is 6.01. The maximum absolute atomic E-state index is 14.1. The molecule has 1 aromatic carbocycles. The van der Waals surface area contributed by atoms with Gasteiger partial charge >= 0.3 is 0 Å². The molecule has 0 unspecified atom stereocenters. The van der Waals surface area contributed by atoms with E-state index in [-0.39, 0.29) is 5.82 Å². The summed E-state index contributed by atoms with van der Waals surface area (Å²) in [4.78, 5) is 16.4. The van der Waals surface area contributed by atoms with E-state index in [4.69, 9.17) is 5.73 Å². The number of halogens is 1. The summed E-state index contributed by atoms with van der Waals surface area (Å²) in [6.45, 7) is 1.88. The molecule has 8 heteroatoms. The van der Waals surface area contributed by atoms with E-state index in [1.807, 2.05) is 31.2 Å². The van der Waals surface area contributed by atoms with Gasteiger partial charge in [0, 0.05) is 40.5 Å². The topological polar surface area (TPSA) is 109 Å². The van der Waals surface area contributed by atoms with Crippen LogP contribution in [0.15, 0.2) is 67.4 Å². The zero-order chi connectivity index (χ0) is 22.5. The Morgan fingerprint density at radius 3 is 2.55 bits per heavy atom. The molecule has 5 heterocycles. The third-order valence-corrected chi connectivity index (χ3v) is 5.66. The van der Waals surface area contributed by atoms with Crippen molar-refractivity contribution in [3.8, 4) is 33.8 Å². The van der Waals surface area contributed by atoms with Crippen molar-refractivity contribution in [3.05, 3.63) is 78.8 Å². The largest absolute Gasteiger partial charge is 0.397 e. The molecule has 0 saturated heterocycles. The molecule has 0 radical (unpaired) electrons. The SMILES string of the molecule is Cc1cc(F)cc(-c2cncc3[nH]c(-c4n[nH]c5cnc(-c6cncc(N)c6)cc45)cc23)c1. The number of hydrogen-bond donors (Lipinski definition) is 3. The van der Waals surface area contributed by atoms with E-state index in [0.717, 1.165) is 61.1 Å². The smallest absolute Gasteiger partial charge is 0.124 e. The summed E-state index contributed by atoms with van der Waals surface area (Å²) in [6.07, 6.45) is 8.59. The van der Waals surface area contributed by atoms with Crippen molar-refractivity contribution < 1.29 is 4.39 Å². The predicted octanol–water partition coefficient (Wildman–Crippen LogP) is 5.26. The molecule has 160 valence electrons. The fraction of sp³-hybridized carbons (Fsp3) is 0.0400. The van der Waals surface area contributed by atoms with Crippen LogP contribution in [0.2, 0.25) is 0 Å². The molecular formula is C25H18FN7. The number of anilines is 1. The summed E-state index contributed by atoms with van der Waals surface area (Å²) in [5, 5.41) is 9.42. The summed E-state index contributed by atoms with van der Waals surface area (Å²) >= 11 is 0. The highest BCUT2D eigenvalue weighted by Gasteiger charge is 2.15. The summed E-state index contributed by atoms with van der Waals surface area (Å²) in [6, 6.07) is 10.8. The molecule has 5 aromatic heterocycles. The molecule has 0 aliphatic carbocycles. The number of nitrogens with zero attached hydrogens (tertiary/aromatic N) is 4. The number of fused-ring (bicyclic) bond motifs is 2. The van der Waals surface area contributed by atoms with Crippen LogP contribution >= 0.6 is 0 Å². The second-order valence-electron chi connectivity index (χ2n) is 8.04. The van der Waals surface area contributed by atoms with Crippen molar-refractivity contribution >= 4 is 27.5 Å². The van der Waals surface area contributed by atoms with Gasteiger partial charge < -0.3 is 10.7 Å². The zero-order valence-electron chi connectivity index (χ0n) is 17.6. The Hall–Kier alpha value is -4.59. The molecular weight excluding hydrogens is 417 g/mol. The molecule has 0 atom stereocenters. The fourth-order valence-corrected chi connectivity index (χ4v) is 4.18. The van der Waals surface area contributed by atoms with E-state index < -0.39 is 0 Å². The number of nitrogens with one attached hydrogen (secondary N) is 2. The minimum atomic E-state index is -0.271. The number of hydrogen-bond acceptors (Lipinski definition) is 5. The first kappa shape index (κ1) is 19.1. The standard InChI is InChI=1S/C25H18FN7/c1-13-2-14(4-16(26)3-13)20-10-29-11-23-18(20)6-22(31-23)25-19-7-21(30-12-24(19)32-33-25)15-5-17(27)9-28-8-15/h2-12,31H,27H2,1H3,(H,32,33). The molecule has 6 rings (SSSR count). The number of nitrogen functional groups attached to an aromatic ring is 1. The van der Waals surface area contributed by atoms with Gasteiger partial charge in [-0.05, 0) is 48.4 Å². The van der Waals surface area contributed by atoms with Gasteiger partial charge in [-0.15, -0.1) is 0 Å². The van der Waals surface area contributed by atoms with Crippen LogP contribution in [-0.4, -0.2) is 30.1 Å². The van der Waals surface area contributed by atoms with Gasteiger partial charge in [0.15, 0.2) is 0 Å². The average molecular weight is 435 g/mol. The number of rotatable bonds is 3. The number of aromatic amines is 2. The number of aryl methyl sites for hydroxylation is 1. The number of H-pyrrole nitrogens is 2. The minimum Gasteiger partial charge on any atom is -0.397 e. The van der Waals surface area contributed by atoms with Gasteiger partial charge in [0.25, 0.3) is 0 Å². The monoisotopic (exact) mass is 435 g/mol. The predicted molar refractivity (Wildman–Crippen MR) is 127 cm³/mol. The molecule has 6 aromatic rings. The lowest BCUT2D eigenvalue weighted by atomic mass is 10.0. The van der Waals surface area contributed by atoms with Gasteiger partial charge in [0.05, 0.1) is 40.5 Å². The summed E-state index contributed by atoms with van der Waals surface area (Å²) in [5.41, 5.74) is 13.8. The van der Waals surface area contributed by atoms with Crippen molar-refractivity contribution in [1.29, 1.82) is 0 Å². The van der Waals surface area contributed by atoms with Gasteiger partial charge in [-0.1, -0.05) is 6.07 Å². The first-order chi connectivity index (χ1) is 16.0. The molecule has 0 saturated carbocycles. The lowest BCUT2D eigenvalue weighted by molar-refractivity contribution is 0.627. The molecule has 0 fully saturated rings. The van der Waals surface area contributed by atoms with Gasteiger partial charge in [-0.25, -0.2) is 4.39 Å². The van der Waals surface area contributed by atoms with Crippen LogP contribution in [0, 0.1) is 12.7 Å². The van der Waals surface area contributed by atoms with E-state index in [1.165, 1.54) is 12.1 Å². The molecule has 0 aliphatic rings. The molecule has 0 spiro atoms.